The van der Waals surface area contributed by atoms with Crippen molar-refractivity contribution < 1.29 is 9.59 Å². The lowest BCUT2D eigenvalue weighted by Crippen LogP contribution is -2.35. The Balaban J connectivity index is 1.31. The second-order valence-electron chi connectivity index (χ2n) is 6.07. The number of anilines is 1. The van der Waals surface area contributed by atoms with E-state index < -0.39 is 5.25 Å². The number of aromatic nitrogens is 2. The maximum atomic E-state index is 12.2. The van der Waals surface area contributed by atoms with Gasteiger partial charge in [-0.25, -0.2) is 4.98 Å². The number of para-hydroxylation sites is 3. The third kappa shape index (κ3) is 3.43. The fourth-order valence-corrected chi connectivity index (χ4v) is 4.08. The first-order valence-corrected chi connectivity index (χ1v) is 9.32. The largest absolute Gasteiger partial charge is 0.354 e. The molecule has 132 valence electrons. The monoisotopic (exact) mass is 366 g/mol. The lowest BCUT2D eigenvalue weighted by Gasteiger charge is -2.23. The minimum absolute atomic E-state index is 0.121. The lowest BCUT2D eigenvalue weighted by molar-refractivity contribution is -0.124. The molecule has 0 spiro atoms. The van der Waals surface area contributed by atoms with Crippen molar-refractivity contribution in [2.45, 2.75) is 23.1 Å². The van der Waals surface area contributed by atoms with Crippen LogP contribution < -0.4 is 10.6 Å². The number of carbonyl (C=O) groups excluding carboxylic acids is 2. The predicted molar refractivity (Wildman–Crippen MR) is 102 cm³/mol. The minimum atomic E-state index is -0.404. The zero-order chi connectivity index (χ0) is 17.9. The highest BCUT2D eigenvalue weighted by Crippen LogP contribution is 2.36. The number of nitrogens with one attached hydrogen (secondary N) is 2. The van der Waals surface area contributed by atoms with E-state index in [9.17, 15) is 9.59 Å². The van der Waals surface area contributed by atoms with Crippen molar-refractivity contribution in [3.05, 3.63) is 54.9 Å². The normalized spacial score (nSPS) is 16.2. The van der Waals surface area contributed by atoms with Gasteiger partial charge in [0.1, 0.15) is 0 Å². The molecule has 0 radical (unpaired) electrons. The Bertz CT molecular complexity index is 969. The molecule has 0 bridgehead atoms. The Morgan fingerprint density at radius 3 is 2.92 bits per heavy atom. The van der Waals surface area contributed by atoms with Crippen LogP contribution in [0.4, 0.5) is 5.69 Å². The van der Waals surface area contributed by atoms with Crippen molar-refractivity contribution in [2.24, 2.45) is 0 Å². The first kappa shape index (κ1) is 16.7. The third-order valence-electron chi connectivity index (χ3n) is 4.28. The van der Waals surface area contributed by atoms with Gasteiger partial charge in [-0.15, -0.1) is 11.8 Å². The molecule has 0 saturated carbocycles. The Hall–Kier alpha value is -2.80. The smallest absolute Gasteiger partial charge is 0.238 e. The second kappa shape index (κ2) is 7.21. The standard InChI is InChI=1S/C19H18N4O2S/c24-18(11-17-19(25)22-14-6-2-4-8-16(14)26-17)20-9-10-23-12-21-13-5-1-3-7-15(13)23/h1-8,12,17H,9-11H2,(H,20,24)(H,22,25)/t17-/m1/s1. The van der Waals surface area contributed by atoms with E-state index in [-0.39, 0.29) is 18.2 Å². The van der Waals surface area contributed by atoms with Crippen LogP contribution in [0.15, 0.2) is 59.8 Å². The van der Waals surface area contributed by atoms with Crippen LogP contribution >= 0.6 is 11.8 Å². The van der Waals surface area contributed by atoms with Crippen molar-refractivity contribution in [3.8, 4) is 0 Å². The van der Waals surface area contributed by atoms with E-state index in [2.05, 4.69) is 15.6 Å². The molecule has 1 atom stereocenters. The molecule has 2 N–H and O–H groups in total. The zero-order valence-corrected chi connectivity index (χ0v) is 14.8. The third-order valence-corrected chi connectivity index (χ3v) is 5.55. The fourth-order valence-electron chi connectivity index (χ4n) is 2.97. The van der Waals surface area contributed by atoms with E-state index in [1.807, 2.05) is 53.1 Å². The molecule has 2 heterocycles. The lowest BCUT2D eigenvalue weighted by atomic mass is 10.2. The molecule has 26 heavy (non-hydrogen) atoms. The number of amides is 2. The molecule has 2 amide bonds. The summed E-state index contributed by atoms with van der Waals surface area (Å²) in [4.78, 5) is 29.7. The molecule has 0 fully saturated rings. The summed E-state index contributed by atoms with van der Waals surface area (Å²) in [5.74, 6) is -0.245. The molecule has 2 aromatic carbocycles. The minimum Gasteiger partial charge on any atom is -0.354 e. The summed E-state index contributed by atoms with van der Waals surface area (Å²) < 4.78 is 2.01. The van der Waals surface area contributed by atoms with Crippen molar-refractivity contribution in [1.82, 2.24) is 14.9 Å². The van der Waals surface area contributed by atoms with Gasteiger partial charge in [0.25, 0.3) is 0 Å². The molecular formula is C19H18N4O2S. The number of carbonyl (C=O) groups is 2. The topological polar surface area (TPSA) is 76.0 Å². The SMILES string of the molecule is O=C(C[C@H]1Sc2ccccc2NC1=O)NCCn1cnc2ccccc21. The molecule has 4 rings (SSSR count). The maximum absolute atomic E-state index is 12.2. The number of fused-ring (bicyclic) bond motifs is 2. The molecule has 0 aliphatic carbocycles. The molecule has 1 aliphatic rings. The number of hydrogen-bond acceptors (Lipinski definition) is 4. The van der Waals surface area contributed by atoms with E-state index in [4.69, 9.17) is 0 Å². The highest BCUT2D eigenvalue weighted by atomic mass is 32.2. The van der Waals surface area contributed by atoms with Crippen molar-refractivity contribution in [3.63, 3.8) is 0 Å². The molecule has 1 aromatic heterocycles. The summed E-state index contributed by atoms with van der Waals surface area (Å²) in [7, 11) is 0. The quantitative estimate of drug-likeness (QED) is 0.728. The summed E-state index contributed by atoms with van der Waals surface area (Å²) in [6.45, 7) is 1.13. The van der Waals surface area contributed by atoms with Crippen LogP contribution in [0.1, 0.15) is 6.42 Å². The van der Waals surface area contributed by atoms with E-state index >= 15 is 0 Å². The second-order valence-corrected chi connectivity index (χ2v) is 7.32. The van der Waals surface area contributed by atoms with E-state index in [1.54, 1.807) is 6.33 Å². The van der Waals surface area contributed by atoms with Gasteiger partial charge in [-0.1, -0.05) is 24.3 Å². The first-order chi connectivity index (χ1) is 12.7. The summed E-state index contributed by atoms with van der Waals surface area (Å²) in [5.41, 5.74) is 2.79. The molecule has 0 unspecified atom stereocenters. The maximum Gasteiger partial charge on any atom is 0.238 e. The molecular weight excluding hydrogens is 348 g/mol. The highest BCUT2D eigenvalue weighted by molar-refractivity contribution is 8.01. The molecule has 0 saturated heterocycles. The number of hydrogen-bond donors (Lipinski definition) is 2. The average Bonchev–Trinajstić information content (AvgIpc) is 3.06. The fraction of sp³-hybridized carbons (Fsp3) is 0.211. The van der Waals surface area contributed by atoms with Gasteiger partial charge in [-0.2, -0.15) is 0 Å². The Morgan fingerprint density at radius 1 is 1.19 bits per heavy atom. The van der Waals surface area contributed by atoms with E-state index in [0.29, 0.717) is 13.1 Å². The summed E-state index contributed by atoms with van der Waals surface area (Å²) in [6, 6.07) is 15.5. The number of rotatable bonds is 5. The number of benzene rings is 2. The van der Waals surface area contributed by atoms with Crippen LogP contribution in [0.5, 0.6) is 0 Å². The van der Waals surface area contributed by atoms with Gasteiger partial charge in [-0.3, -0.25) is 9.59 Å². The van der Waals surface area contributed by atoms with Crippen LogP contribution in [0, 0.1) is 0 Å². The van der Waals surface area contributed by atoms with E-state index in [0.717, 1.165) is 21.6 Å². The number of nitrogens with zero attached hydrogens (tertiary/aromatic N) is 2. The van der Waals surface area contributed by atoms with Gasteiger partial charge >= 0.3 is 0 Å². The Kier molecular flexibility index (Phi) is 4.62. The highest BCUT2D eigenvalue weighted by Gasteiger charge is 2.28. The van der Waals surface area contributed by atoms with Crippen molar-refractivity contribution in [1.29, 1.82) is 0 Å². The van der Waals surface area contributed by atoms with Gasteiger partial charge in [0.2, 0.25) is 11.8 Å². The van der Waals surface area contributed by atoms with Crippen LogP contribution in [0.3, 0.4) is 0 Å². The molecule has 6 nitrogen and oxygen atoms in total. The van der Waals surface area contributed by atoms with Crippen molar-refractivity contribution in [2.75, 3.05) is 11.9 Å². The number of imidazole rings is 1. The van der Waals surface area contributed by atoms with Gasteiger partial charge in [0.15, 0.2) is 0 Å². The summed E-state index contributed by atoms with van der Waals surface area (Å²) in [6.07, 6.45) is 1.94. The van der Waals surface area contributed by atoms with Gasteiger partial charge in [-0.05, 0) is 24.3 Å². The van der Waals surface area contributed by atoms with Crippen molar-refractivity contribution >= 4 is 40.3 Å². The Labute approximate surface area is 155 Å². The average molecular weight is 366 g/mol. The molecule has 1 aliphatic heterocycles. The first-order valence-electron chi connectivity index (χ1n) is 8.44. The van der Waals surface area contributed by atoms with Gasteiger partial charge in [0, 0.05) is 24.4 Å². The van der Waals surface area contributed by atoms with Crippen LogP contribution in [-0.2, 0) is 16.1 Å². The molecule has 7 heteroatoms. The number of thioether (sulfide) groups is 1. The predicted octanol–water partition coefficient (Wildman–Crippen LogP) is 2.66. The Morgan fingerprint density at radius 2 is 2.00 bits per heavy atom. The van der Waals surface area contributed by atoms with Gasteiger partial charge in [0.05, 0.1) is 28.3 Å². The van der Waals surface area contributed by atoms with E-state index in [1.165, 1.54) is 11.8 Å². The molecule has 3 aromatic rings. The summed E-state index contributed by atoms with van der Waals surface area (Å²) >= 11 is 1.44. The van der Waals surface area contributed by atoms with Crippen LogP contribution in [0.2, 0.25) is 0 Å². The van der Waals surface area contributed by atoms with Crippen LogP contribution in [-0.4, -0.2) is 33.2 Å². The summed E-state index contributed by atoms with van der Waals surface area (Å²) in [5, 5.41) is 5.35. The van der Waals surface area contributed by atoms with Crippen LogP contribution in [0.25, 0.3) is 11.0 Å². The zero-order valence-electron chi connectivity index (χ0n) is 14.0. The van der Waals surface area contributed by atoms with Gasteiger partial charge < -0.3 is 15.2 Å².